The van der Waals surface area contributed by atoms with Crippen LogP contribution in [0.3, 0.4) is 0 Å². The molecule has 0 spiro atoms. The van der Waals surface area contributed by atoms with Gasteiger partial charge >= 0.3 is 6.09 Å². The second kappa shape index (κ2) is 5.34. The van der Waals surface area contributed by atoms with Gasteiger partial charge < -0.3 is 15.4 Å². The molecule has 1 unspecified atom stereocenters. The number of rotatable bonds is 3. The van der Waals surface area contributed by atoms with Gasteiger partial charge in [-0.15, -0.1) is 0 Å². The molecule has 1 atom stereocenters. The van der Waals surface area contributed by atoms with Crippen LogP contribution in [0.2, 0.25) is 0 Å². The van der Waals surface area contributed by atoms with Crippen LogP contribution in [0.25, 0.3) is 0 Å². The van der Waals surface area contributed by atoms with Crippen LogP contribution < -0.4 is 15.4 Å². The molecule has 1 saturated heterocycles. The van der Waals surface area contributed by atoms with Crippen molar-refractivity contribution < 1.29 is 14.3 Å². The van der Waals surface area contributed by atoms with Crippen molar-refractivity contribution in [3.05, 3.63) is 30.3 Å². The van der Waals surface area contributed by atoms with Gasteiger partial charge in [0.25, 0.3) is 0 Å². The summed E-state index contributed by atoms with van der Waals surface area (Å²) in [6, 6.07) is 8.86. The maximum absolute atomic E-state index is 11.4. The van der Waals surface area contributed by atoms with Gasteiger partial charge in [0.1, 0.15) is 5.75 Å². The van der Waals surface area contributed by atoms with Crippen LogP contribution in [-0.4, -0.2) is 24.6 Å². The molecule has 1 aromatic rings. The largest absolute Gasteiger partial charge is 0.412 e. The van der Waals surface area contributed by atoms with Crippen LogP contribution in [0.1, 0.15) is 12.8 Å². The normalized spacial score (nSPS) is 18.6. The number of hydrogen-bond donors (Lipinski definition) is 2. The summed E-state index contributed by atoms with van der Waals surface area (Å²) in [6.07, 6.45) is 0.780. The fourth-order valence-electron chi connectivity index (χ4n) is 1.67. The lowest BCUT2D eigenvalue weighted by Crippen LogP contribution is -2.39. The molecule has 0 aliphatic carbocycles. The number of carbonyl (C=O) groups is 2. The Morgan fingerprint density at radius 2 is 2.18 bits per heavy atom. The second-order valence-electron chi connectivity index (χ2n) is 3.89. The molecule has 5 heteroatoms. The number of ether oxygens (including phenoxy) is 1. The summed E-state index contributed by atoms with van der Waals surface area (Å²) in [4.78, 5) is 22.3. The lowest BCUT2D eigenvalue weighted by atomic mass is 10.2. The summed E-state index contributed by atoms with van der Waals surface area (Å²) in [5.74, 6) is 0.536. The van der Waals surface area contributed by atoms with Crippen LogP contribution in [0, 0.1) is 0 Å². The molecule has 1 heterocycles. The maximum atomic E-state index is 11.4. The first-order valence-corrected chi connectivity index (χ1v) is 5.54. The molecule has 1 aromatic carbocycles. The Kier molecular flexibility index (Phi) is 3.59. The van der Waals surface area contributed by atoms with E-state index in [-0.39, 0.29) is 11.9 Å². The van der Waals surface area contributed by atoms with Crippen LogP contribution in [-0.2, 0) is 4.79 Å². The standard InChI is InChI=1S/C12H14N2O3/c15-11-7-6-9(14-11)8-13-12(16)17-10-4-2-1-3-5-10/h1-5,9H,6-8H2,(H,13,16)(H,14,15). The van der Waals surface area contributed by atoms with Gasteiger partial charge in [-0.05, 0) is 18.6 Å². The van der Waals surface area contributed by atoms with Gasteiger partial charge in [0.2, 0.25) is 5.91 Å². The SMILES string of the molecule is O=C1CCC(CNC(=O)Oc2ccccc2)N1. The van der Waals surface area contributed by atoms with E-state index < -0.39 is 6.09 Å². The summed E-state index contributed by atoms with van der Waals surface area (Å²) in [7, 11) is 0. The average molecular weight is 234 g/mol. The van der Waals surface area contributed by atoms with E-state index in [2.05, 4.69) is 10.6 Å². The number of para-hydroxylation sites is 1. The van der Waals surface area contributed by atoms with Gasteiger partial charge in [-0.2, -0.15) is 0 Å². The van der Waals surface area contributed by atoms with E-state index in [0.29, 0.717) is 18.7 Å². The van der Waals surface area contributed by atoms with Crippen LogP contribution >= 0.6 is 0 Å². The monoisotopic (exact) mass is 234 g/mol. The minimum Gasteiger partial charge on any atom is -0.410 e. The minimum atomic E-state index is -0.502. The van der Waals surface area contributed by atoms with Gasteiger partial charge in [0.15, 0.2) is 0 Å². The molecule has 1 aliphatic heterocycles. The molecule has 17 heavy (non-hydrogen) atoms. The highest BCUT2D eigenvalue weighted by atomic mass is 16.6. The Labute approximate surface area is 99.2 Å². The molecule has 0 aromatic heterocycles. The minimum absolute atomic E-state index is 0.0193. The van der Waals surface area contributed by atoms with Crippen molar-refractivity contribution in [2.75, 3.05) is 6.54 Å². The smallest absolute Gasteiger partial charge is 0.410 e. The molecule has 0 saturated carbocycles. The van der Waals surface area contributed by atoms with Crippen LogP contribution in [0.15, 0.2) is 30.3 Å². The number of nitrogens with one attached hydrogen (secondary N) is 2. The number of benzene rings is 1. The first kappa shape index (κ1) is 11.4. The van der Waals surface area contributed by atoms with E-state index in [1.165, 1.54) is 0 Å². The lowest BCUT2D eigenvalue weighted by Gasteiger charge is -2.11. The number of hydrogen-bond acceptors (Lipinski definition) is 3. The summed E-state index contributed by atoms with van der Waals surface area (Å²) >= 11 is 0. The quantitative estimate of drug-likeness (QED) is 0.821. The zero-order valence-corrected chi connectivity index (χ0v) is 9.31. The lowest BCUT2D eigenvalue weighted by molar-refractivity contribution is -0.119. The molecule has 90 valence electrons. The second-order valence-corrected chi connectivity index (χ2v) is 3.89. The van der Waals surface area contributed by atoms with Crippen molar-refractivity contribution in [2.45, 2.75) is 18.9 Å². The van der Waals surface area contributed by atoms with Gasteiger partial charge in [0.05, 0.1) is 0 Å². The molecule has 1 fully saturated rings. The summed E-state index contributed by atoms with van der Waals surface area (Å²) < 4.78 is 5.04. The van der Waals surface area contributed by atoms with E-state index >= 15 is 0 Å². The zero-order chi connectivity index (χ0) is 12.1. The highest BCUT2D eigenvalue weighted by Crippen LogP contribution is 2.08. The highest BCUT2D eigenvalue weighted by Gasteiger charge is 2.21. The van der Waals surface area contributed by atoms with Crippen molar-refractivity contribution in [3.8, 4) is 5.75 Å². The van der Waals surface area contributed by atoms with Gasteiger partial charge in [0, 0.05) is 19.0 Å². The predicted octanol–water partition coefficient (Wildman–Crippen LogP) is 1.05. The molecule has 2 amide bonds. The summed E-state index contributed by atoms with van der Waals surface area (Å²) in [6.45, 7) is 0.400. The Bertz CT molecular complexity index is 405. The van der Waals surface area contributed by atoms with Gasteiger partial charge in [-0.3, -0.25) is 4.79 Å². The predicted molar refractivity (Wildman–Crippen MR) is 61.6 cm³/mol. The van der Waals surface area contributed by atoms with Crippen LogP contribution in [0.4, 0.5) is 4.79 Å². The molecule has 5 nitrogen and oxygen atoms in total. The van der Waals surface area contributed by atoms with E-state index in [1.807, 2.05) is 6.07 Å². The summed E-state index contributed by atoms with van der Waals surface area (Å²) in [5.41, 5.74) is 0. The maximum Gasteiger partial charge on any atom is 0.412 e. The molecule has 2 N–H and O–H groups in total. The van der Waals surface area contributed by atoms with Crippen molar-refractivity contribution in [2.24, 2.45) is 0 Å². The molecule has 0 bridgehead atoms. The van der Waals surface area contributed by atoms with Crippen molar-refractivity contribution in [1.29, 1.82) is 0 Å². The Hall–Kier alpha value is -2.04. The third-order valence-corrected chi connectivity index (χ3v) is 2.53. The molecule has 1 aliphatic rings. The fourth-order valence-corrected chi connectivity index (χ4v) is 1.67. The van der Waals surface area contributed by atoms with Crippen molar-refractivity contribution >= 4 is 12.0 Å². The zero-order valence-electron chi connectivity index (χ0n) is 9.31. The Balaban J connectivity index is 1.73. The van der Waals surface area contributed by atoms with E-state index in [0.717, 1.165) is 6.42 Å². The summed E-state index contributed by atoms with van der Waals surface area (Å²) in [5, 5.41) is 5.38. The Morgan fingerprint density at radius 1 is 1.41 bits per heavy atom. The van der Waals surface area contributed by atoms with Gasteiger partial charge in [-0.1, -0.05) is 18.2 Å². The first-order valence-electron chi connectivity index (χ1n) is 5.54. The highest BCUT2D eigenvalue weighted by molar-refractivity contribution is 5.78. The first-order chi connectivity index (χ1) is 8.24. The average Bonchev–Trinajstić information content (AvgIpc) is 2.74. The third-order valence-electron chi connectivity index (χ3n) is 2.53. The van der Waals surface area contributed by atoms with Crippen molar-refractivity contribution in [3.63, 3.8) is 0 Å². The topological polar surface area (TPSA) is 67.4 Å². The molecule has 0 radical (unpaired) electrons. The molecular weight excluding hydrogens is 220 g/mol. The van der Waals surface area contributed by atoms with E-state index in [9.17, 15) is 9.59 Å². The van der Waals surface area contributed by atoms with Crippen LogP contribution in [0.5, 0.6) is 5.75 Å². The molecule has 2 rings (SSSR count). The van der Waals surface area contributed by atoms with Gasteiger partial charge in [-0.25, -0.2) is 4.79 Å². The van der Waals surface area contributed by atoms with Crippen molar-refractivity contribution in [1.82, 2.24) is 10.6 Å². The fraction of sp³-hybridized carbons (Fsp3) is 0.333. The van der Waals surface area contributed by atoms with E-state index in [1.54, 1.807) is 24.3 Å². The Morgan fingerprint density at radius 3 is 2.82 bits per heavy atom. The molecular formula is C12H14N2O3. The number of carbonyl (C=O) groups excluding carboxylic acids is 2. The third kappa shape index (κ3) is 3.48. The van der Waals surface area contributed by atoms with E-state index in [4.69, 9.17) is 4.74 Å². The number of amides is 2.